The second-order valence-electron chi connectivity index (χ2n) is 10.1. The lowest BCUT2D eigenvalue weighted by Crippen LogP contribution is -2.37. The number of aliphatic hydroxyl groups is 1. The Labute approximate surface area is 200 Å². The zero-order chi connectivity index (χ0) is 24.6. The van der Waals surface area contributed by atoms with E-state index in [4.69, 9.17) is 4.74 Å². The molecular formula is C28H33NO5. The number of ether oxygens (including phenoxy) is 1. The molecule has 2 aromatic carbocycles. The molecule has 1 unspecified atom stereocenters. The van der Waals surface area contributed by atoms with E-state index in [0.29, 0.717) is 17.7 Å². The molecule has 1 heterocycles. The van der Waals surface area contributed by atoms with E-state index < -0.39 is 17.7 Å². The van der Waals surface area contributed by atoms with Crippen LogP contribution in [-0.4, -0.2) is 39.5 Å². The molecule has 0 spiro atoms. The van der Waals surface area contributed by atoms with Gasteiger partial charge in [-0.3, -0.25) is 9.59 Å². The van der Waals surface area contributed by atoms with E-state index in [9.17, 15) is 19.8 Å². The molecule has 2 fully saturated rings. The number of benzene rings is 2. The number of hydrogen-bond acceptors (Lipinski definition) is 5. The second kappa shape index (κ2) is 9.16. The molecule has 1 amide bonds. The molecule has 0 aromatic heterocycles. The number of ketones is 1. The molecule has 1 atom stereocenters. The zero-order valence-corrected chi connectivity index (χ0v) is 20.3. The second-order valence-corrected chi connectivity index (χ2v) is 10.1. The lowest BCUT2D eigenvalue weighted by Gasteiger charge is -2.31. The number of amides is 1. The van der Waals surface area contributed by atoms with Crippen molar-refractivity contribution in [2.24, 2.45) is 0 Å². The van der Waals surface area contributed by atoms with Gasteiger partial charge in [-0.05, 0) is 61.1 Å². The maximum absolute atomic E-state index is 13.3. The molecule has 1 aliphatic carbocycles. The summed E-state index contributed by atoms with van der Waals surface area (Å²) in [4.78, 5) is 28.2. The first kappa shape index (κ1) is 23.9. The monoisotopic (exact) mass is 463 g/mol. The van der Waals surface area contributed by atoms with Crippen molar-refractivity contribution in [2.75, 3.05) is 6.61 Å². The predicted molar refractivity (Wildman–Crippen MR) is 131 cm³/mol. The number of carbonyl (C=O) groups is 2. The summed E-state index contributed by atoms with van der Waals surface area (Å²) in [5.41, 5.74) is 1.77. The standard InChI is InChI=1S/C28H33NO5/c1-5-34-22-14-13-18(16-21(22)28(2,3)4)25(31)23-24(17-9-8-12-20(30)15-17)29(27(33)26(23)32)19-10-6-7-11-19/h8-9,12-16,19,24,30-31H,5-7,10-11H2,1-4H3/b25-23-. The maximum atomic E-state index is 13.3. The summed E-state index contributed by atoms with van der Waals surface area (Å²) < 4.78 is 5.80. The highest BCUT2D eigenvalue weighted by Gasteiger charge is 2.49. The van der Waals surface area contributed by atoms with Crippen LogP contribution in [0.5, 0.6) is 11.5 Å². The number of aromatic hydroxyl groups is 1. The topological polar surface area (TPSA) is 87.1 Å². The summed E-state index contributed by atoms with van der Waals surface area (Å²) in [6.07, 6.45) is 3.63. The molecule has 2 N–H and O–H groups in total. The van der Waals surface area contributed by atoms with Gasteiger partial charge in [-0.2, -0.15) is 0 Å². The van der Waals surface area contributed by atoms with Crippen LogP contribution in [0.1, 0.15) is 76.1 Å². The van der Waals surface area contributed by atoms with Crippen molar-refractivity contribution in [3.63, 3.8) is 0 Å². The molecule has 0 bridgehead atoms. The van der Waals surface area contributed by atoms with Crippen molar-refractivity contribution >= 4 is 17.4 Å². The van der Waals surface area contributed by atoms with Gasteiger partial charge in [0.05, 0.1) is 18.2 Å². The van der Waals surface area contributed by atoms with Crippen LogP contribution in [-0.2, 0) is 15.0 Å². The number of phenolic OH excluding ortho intramolecular Hbond substituents is 1. The molecule has 180 valence electrons. The Morgan fingerprint density at radius 2 is 1.79 bits per heavy atom. The van der Waals surface area contributed by atoms with E-state index in [2.05, 4.69) is 20.8 Å². The number of aliphatic hydroxyl groups excluding tert-OH is 1. The fraction of sp³-hybridized carbons (Fsp3) is 0.429. The first-order valence-electron chi connectivity index (χ1n) is 12.0. The van der Waals surface area contributed by atoms with Crippen LogP contribution in [0.25, 0.3) is 5.76 Å². The van der Waals surface area contributed by atoms with Crippen LogP contribution >= 0.6 is 0 Å². The van der Waals surface area contributed by atoms with E-state index >= 15 is 0 Å². The molecule has 1 saturated carbocycles. The summed E-state index contributed by atoms with van der Waals surface area (Å²) in [6, 6.07) is 11.1. The third kappa shape index (κ3) is 4.29. The number of carbonyl (C=O) groups excluding carboxylic acids is 2. The van der Waals surface area contributed by atoms with Crippen molar-refractivity contribution in [2.45, 2.75) is 70.9 Å². The number of nitrogens with zero attached hydrogens (tertiary/aromatic N) is 1. The van der Waals surface area contributed by atoms with E-state index in [1.165, 1.54) is 0 Å². The largest absolute Gasteiger partial charge is 0.508 e. The SMILES string of the molecule is CCOc1ccc(/C(O)=C2/C(=O)C(=O)N(C3CCCC3)C2c2cccc(O)c2)cc1C(C)(C)C. The minimum Gasteiger partial charge on any atom is -0.508 e. The number of hydrogen-bond donors (Lipinski definition) is 2. The summed E-state index contributed by atoms with van der Waals surface area (Å²) in [7, 11) is 0. The highest BCUT2D eigenvalue weighted by atomic mass is 16.5. The van der Waals surface area contributed by atoms with Gasteiger partial charge in [0.1, 0.15) is 17.3 Å². The quantitative estimate of drug-likeness (QED) is 0.350. The Kier molecular flexibility index (Phi) is 6.43. The molecule has 6 heteroatoms. The molecule has 4 rings (SSSR count). The van der Waals surface area contributed by atoms with Gasteiger partial charge in [-0.15, -0.1) is 0 Å². The third-order valence-electron chi connectivity index (χ3n) is 6.74. The Morgan fingerprint density at radius 1 is 1.09 bits per heavy atom. The minimum atomic E-state index is -0.750. The van der Waals surface area contributed by atoms with Gasteiger partial charge in [-0.1, -0.05) is 45.7 Å². The summed E-state index contributed by atoms with van der Waals surface area (Å²) >= 11 is 0. The lowest BCUT2D eigenvalue weighted by atomic mass is 9.84. The van der Waals surface area contributed by atoms with E-state index in [1.807, 2.05) is 13.0 Å². The van der Waals surface area contributed by atoms with Gasteiger partial charge < -0.3 is 19.8 Å². The Balaban J connectivity index is 1.90. The molecule has 1 aliphatic heterocycles. The average Bonchev–Trinajstić information content (AvgIpc) is 3.40. The predicted octanol–water partition coefficient (Wildman–Crippen LogP) is 5.45. The Hall–Kier alpha value is -3.28. The molecular weight excluding hydrogens is 430 g/mol. The van der Waals surface area contributed by atoms with Gasteiger partial charge in [0, 0.05) is 17.2 Å². The smallest absolute Gasteiger partial charge is 0.295 e. The molecule has 34 heavy (non-hydrogen) atoms. The number of Topliss-reactive ketones (excluding diaryl/α,β-unsaturated/α-hetero) is 1. The van der Waals surface area contributed by atoms with E-state index in [-0.39, 0.29) is 28.5 Å². The fourth-order valence-electron chi connectivity index (χ4n) is 5.13. The van der Waals surface area contributed by atoms with E-state index in [1.54, 1.807) is 41.3 Å². The van der Waals surface area contributed by atoms with Gasteiger partial charge in [0.2, 0.25) is 0 Å². The van der Waals surface area contributed by atoms with Gasteiger partial charge in [0.25, 0.3) is 11.7 Å². The summed E-state index contributed by atoms with van der Waals surface area (Å²) in [6.45, 7) is 8.60. The maximum Gasteiger partial charge on any atom is 0.295 e. The summed E-state index contributed by atoms with van der Waals surface area (Å²) in [5.74, 6) is -0.721. The van der Waals surface area contributed by atoms with Crippen LogP contribution in [0.3, 0.4) is 0 Å². The molecule has 2 aliphatic rings. The van der Waals surface area contributed by atoms with Gasteiger partial charge >= 0.3 is 0 Å². The Morgan fingerprint density at radius 3 is 2.41 bits per heavy atom. The first-order valence-corrected chi connectivity index (χ1v) is 12.0. The number of phenols is 1. The lowest BCUT2D eigenvalue weighted by molar-refractivity contribution is -0.141. The average molecular weight is 464 g/mol. The van der Waals surface area contributed by atoms with Crippen molar-refractivity contribution in [1.29, 1.82) is 0 Å². The highest BCUT2D eigenvalue weighted by Crippen LogP contribution is 2.44. The van der Waals surface area contributed by atoms with Crippen molar-refractivity contribution in [1.82, 2.24) is 4.90 Å². The molecule has 6 nitrogen and oxygen atoms in total. The third-order valence-corrected chi connectivity index (χ3v) is 6.74. The molecule has 1 saturated heterocycles. The molecule has 0 radical (unpaired) electrons. The molecule has 2 aromatic rings. The van der Waals surface area contributed by atoms with Gasteiger partial charge in [-0.25, -0.2) is 0 Å². The van der Waals surface area contributed by atoms with Crippen LogP contribution in [0.4, 0.5) is 0 Å². The number of rotatable bonds is 5. The normalized spacial score (nSPS) is 20.8. The van der Waals surface area contributed by atoms with Gasteiger partial charge in [0.15, 0.2) is 0 Å². The van der Waals surface area contributed by atoms with Crippen molar-refractivity contribution in [3.8, 4) is 11.5 Å². The number of likely N-dealkylation sites (tertiary alicyclic amines) is 1. The van der Waals surface area contributed by atoms with Crippen LogP contribution in [0.15, 0.2) is 48.0 Å². The fourth-order valence-corrected chi connectivity index (χ4v) is 5.13. The Bertz CT molecular complexity index is 1140. The first-order chi connectivity index (χ1) is 16.1. The van der Waals surface area contributed by atoms with Crippen molar-refractivity contribution < 1.29 is 24.5 Å². The van der Waals surface area contributed by atoms with Crippen LogP contribution < -0.4 is 4.74 Å². The minimum absolute atomic E-state index is 0.0468. The van der Waals surface area contributed by atoms with E-state index in [0.717, 1.165) is 37.0 Å². The summed E-state index contributed by atoms with van der Waals surface area (Å²) in [5, 5.41) is 21.6. The van der Waals surface area contributed by atoms with Crippen molar-refractivity contribution in [3.05, 3.63) is 64.7 Å². The zero-order valence-electron chi connectivity index (χ0n) is 20.3. The van der Waals surface area contributed by atoms with Crippen LogP contribution in [0, 0.1) is 0 Å². The highest BCUT2D eigenvalue weighted by molar-refractivity contribution is 6.46. The van der Waals surface area contributed by atoms with Crippen LogP contribution in [0.2, 0.25) is 0 Å².